The van der Waals surface area contributed by atoms with E-state index in [0.717, 1.165) is 22.7 Å². The maximum absolute atomic E-state index is 12.3. The monoisotopic (exact) mass is 354 g/mol. The zero-order chi connectivity index (χ0) is 17.6. The number of para-hydroxylation sites is 1. The number of fused-ring (bicyclic) bond motifs is 1. The van der Waals surface area contributed by atoms with E-state index in [4.69, 9.17) is 0 Å². The molecule has 0 aliphatic carbocycles. The van der Waals surface area contributed by atoms with Crippen molar-refractivity contribution < 1.29 is 9.59 Å². The Hall–Kier alpha value is -2.27. The fraction of sp³-hybridized carbons (Fsp3) is 0.300. The molecule has 0 saturated heterocycles. The molecule has 2 N–H and O–H groups in total. The number of rotatable bonds is 6. The average molecular weight is 354 g/mol. The highest BCUT2D eigenvalue weighted by molar-refractivity contribution is 8.01. The summed E-state index contributed by atoms with van der Waals surface area (Å²) in [6.45, 7) is 2.17. The Morgan fingerprint density at radius 1 is 1.16 bits per heavy atom. The molecule has 0 spiro atoms. The predicted octanol–water partition coefficient (Wildman–Crippen LogP) is 4.47. The first-order chi connectivity index (χ1) is 12.2. The van der Waals surface area contributed by atoms with E-state index in [-0.39, 0.29) is 18.2 Å². The molecule has 0 bridgehead atoms. The van der Waals surface area contributed by atoms with E-state index >= 15 is 0 Å². The second-order valence-electron chi connectivity index (χ2n) is 6.14. The van der Waals surface area contributed by atoms with Crippen LogP contribution in [0.2, 0.25) is 0 Å². The highest BCUT2D eigenvalue weighted by Crippen LogP contribution is 2.36. The lowest BCUT2D eigenvalue weighted by Crippen LogP contribution is -2.32. The maximum atomic E-state index is 12.3. The van der Waals surface area contributed by atoms with Crippen LogP contribution in [0.15, 0.2) is 53.4 Å². The first-order valence-corrected chi connectivity index (χ1v) is 9.49. The van der Waals surface area contributed by atoms with Crippen LogP contribution in [0.3, 0.4) is 0 Å². The lowest BCUT2D eigenvalue weighted by atomic mass is 10.1. The summed E-state index contributed by atoms with van der Waals surface area (Å²) in [7, 11) is 0. The largest absolute Gasteiger partial charge is 0.326 e. The van der Waals surface area contributed by atoms with Gasteiger partial charge in [-0.1, -0.05) is 37.6 Å². The van der Waals surface area contributed by atoms with Crippen LogP contribution in [0.4, 0.5) is 11.4 Å². The highest BCUT2D eigenvalue weighted by Gasteiger charge is 2.28. The number of hydrogen-bond donors (Lipinski definition) is 2. The summed E-state index contributed by atoms with van der Waals surface area (Å²) >= 11 is 1.44. The van der Waals surface area contributed by atoms with E-state index in [1.54, 1.807) is 0 Å². The Balaban J connectivity index is 1.56. The minimum atomic E-state index is -0.404. The van der Waals surface area contributed by atoms with Crippen molar-refractivity contribution in [3.05, 3.63) is 54.1 Å². The zero-order valence-corrected chi connectivity index (χ0v) is 15.1. The van der Waals surface area contributed by atoms with Crippen molar-refractivity contribution in [2.24, 2.45) is 0 Å². The van der Waals surface area contributed by atoms with Crippen molar-refractivity contribution in [3.63, 3.8) is 0 Å². The molecule has 130 valence electrons. The van der Waals surface area contributed by atoms with Crippen molar-refractivity contribution in [1.29, 1.82) is 0 Å². The third-order valence-corrected chi connectivity index (χ3v) is 5.41. The molecular formula is C20H22N2O2S. The van der Waals surface area contributed by atoms with Gasteiger partial charge in [0.25, 0.3) is 0 Å². The van der Waals surface area contributed by atoms with Gasteiger partial charge >= 0.3 is 0 Å². The molecule has 2 aromatic rings. The molecule has 1 heterocycles. The fourth-order valence-electron chi connectivity index (χ4n) is 2.74. The summed E-state index contributed by atoms with van der Waals surface area (Å²) < 4.78 is 0. The number of benzene rings is 2. The molecule has 2 aromatic carbocycles. The summed E-state index contributed by atoms with van der Waals surface area (Å²) in [4.78, 5) is 25.5. The zero-order valence-electron chi connectivity index (χ0n) is 14.2. The number of hydrogen-bond acceptors (Lipinski definition) is 3. The first kappa shape index (κ1) is 17.5. The van der Waals surface area contributed by atoms with Gasteiger partial charge in [0.2, 0.25) is 11.8 Å². The van der Waals surface area contributed by atoms with Gasteiger partial charge in [0.05, 0.1) is 10.9 Å². The summed E-state index contributed by atoms with van der Waals surface area (Å²) in [5.74, 6) is -0.262. The van der Waals surface area contributed by atoms with Gasteiger partial charge in [0, 0.05) is 17.0 Å². The maximum Gasteiger partial charge on any atom is 0.238 e. The Kier molecular flexibility index (Phi) is 5.76. The van der Waals surface area contributed by atoms with Crippen LogP contribution < -0.4 is 10.6 Å². The van der Waals surface area contributed by atoms with Crippen LogP contribution >= 0.6 is 11.8 Å². The summed E-state index contributed by atoms with van der Waals surface area (Å²) in [5, 5.41) is 5.35. The average Bonchev–Trinajstić information content (AvgIpc) is 2.62. The van der Waals surface area contributed by atoms with Gasteiger partial charge in [-0.15, -0.1) is 11.8 Å². The van der Waals surface area contributed by atoms with Crippen LogP contribution in [0.25, 0.3) is 0 Å². The molecule has 1 aliphatic heterocycles. The molecule has 1 aliphatic rings. The fourth-order valence-corrected chi connectivity index (χ4v) is 3.85. The van der Waals surface area contributed by atoms with E-state index in [1.165, 1.54) is 30.2 Å². The highest BCUT2D eigenvalue weighted by atomic mass is 32.2. The van der Waals surface area contributed by atoms with Gasteiger partial charge in [-0.05, 0) is 42.7 Å². The Bertz CT molecular complexity index is 759. The van der Waals surface area contributed by atoms with Gasteiger partial charge in [-0.2, -0.15) is 0 Å². The second-order valence-corrected chi connectivity index (χ2v) is 7.39. The molecule has 0 fully saturated rings. The number of amides is 2. The third kappa shape index (κ3) is 4.63. The molecule has 3 rings (SSSR count). The first-order valence-electron chi connectivity index (χ1n) is 8.61. The number of thioether (sulfide) groups is 1. The Labute approximate surface area is 152 Å². The molecule has 0 radical (unpaired) electrons. The molecular weight excluding hydrogens is 332 g/mol. The van der Waals surface area contributed by atoms with E-state index in [0.29, 0.717) is 0 Å². The smallest absolute Gasteiger partial charge is 0.238 e. The number of aryl methyl sites for hydroxylation is 1. The van der Waals surface area contributed by atoms with Gasteiger partial charge in [0.1, 0.15) is 0 Å². The number of anilines is 2. The summed E-state index contributed by atoms with van der Waals surface area (Å²) in [6, 6.07) is 15.6. The molecule has 1 unspecified atom stereocenters. The molecule has 25 heavy (non-hydrogen) atoms. The number of unbranched alkanes of at least 4 members (excludes halogenated alkanes) is 1. The van der Waals surface area contributed by atoms with Gasteiger partial charge in [0.15, 0.2) is 0 Å². The summed E-state index contributed by atoms with van der Waals surface area (Å²) in [5.41, 5.74) is 2.86. The molecule has 1 atom stereocenters. The molecule has 0 saturated carbocycles. The van der Waals surface area contributed by atoms with E-state index in [2.05, 4.69) is 17.6 Å². The van der Waals surface area contributed by atoms with Gasteiger partial charge < -0.3 is 10.6 Å². The van der Waals surface area contributed by atoms with Crippen molar-refractivity contribution in [1.82, 2.24) is 0 Å². The van der Waals surface area contributed by atoms with Crippen LogP contribution in [0.5, 0.6) is 0 Å². The molecule has 5 heteroatoms. The lowest BCUT2D eigenvalue weighted by Gasteiger charge is -2.23. The van der Waals surface area contributed by atoms with Gasteiger partial charge in [-0.25, -0.2) is 0 Å². The Morgan fingerprint density at radius 3 is 2.68 bits per heavy atom. The molecule has 4 nitrogen and oxygen atoms in total. The molecule has 2 amide bonds. The topological polar surface area (TPSA) is 58.2 Å². The van der Waals surface area contributed by atoms with Crippen molar-refractivity contribution in [2.75, 3.05) is 10.6 Å². The van der Waals surface area contributed by atoms with E-state index in [1.807, 2.05) is 48.5 Å². The minimum Gasteiger partial charge on any atom is -0.326 e. The van der Waals surface area contributed by atoms with Crippen molar-refractivity contribution >= 4 is 35.0 Å². The van der Waals surface area contributed by atoms with Crippen LogP contribution in [0.1, 0.15) is 31.7 Å². The number of carbonyl (C=O) groups excluding carboxylic acids is 2. The number of nitrogens with one attached hydrogen (secondary N) is 2. The minimum absolute atomic E-state index is 0.117. The van der Waals surface area contributed by atoms with E-state index in [9.17, 15) is 9.59 Å². The second kappa shape index (κ2) is 8.21. The predicted molar refractivity (Wildman–Crippen MR) is 103 cm³/mol. The summed E-state index contributed by atoms with van der Waals surface area (Å²) in [6.07, 6.45) is 3.55. The van der Waals surface area contributed by atoms with Crippen molar-refractivity contribution in [3.8, 4) is 0 Å². The van der Waals surface area contributed by atoms with Gasteiger partial charge in [-0.3, -0.25) is 9.59 Å². The standard InChI is InChI=1S/C20H22N2O2S/c1-2-3-6-14-9-11-15(12-10-14)21-19(23)13-18-20(24)22-16-7-4-5-8-17(16)25-18/h4-5,7-12,18H,2-3,6,13H2,1H3,(H,21,23)(H,22,24). The molecule has 0 aromatic heterocycles. The van der Waals surface area contributed by atoms with E-state index < -0.39 is 5.25 Å². The lowest BCUT2D eigenvalue weighted by molar-refractivity contribution is -0.120. The Morgan fingerprint density at radius 2 is 1.92 bits per heavy atom. The van der Waals surface area contributed by atoms with Crippen molar-refractivity contribution in [2.45, 2.75) is 42.8 Å². The normalized spacial score (nSPS) is 16.0. The number of carbonyl (C=O) groups is 2. The van der Waals surface area contributed by atoms with Crippen LogP contribution in [0, 0.1) is 0 Å². The quantitative estimate of drug-likeness (QED) is 0.804. The third-order valence-electron chi connectivity index (χ3n) is 4.13. The SMILES string of the molecule is CCCCc1ccc(NC(=O)CC2Sc3ccccc3NC2=O)cc1. The van der Waals surface area contributed by atoms with Crippen LogP contribution in [-0.2, 0) is 16.0 Å². The van der Waals surface area contributed by atoms with Crippen LogP contribution in [-0.4, -0.2) is 17.1 Å².